The lowest BCUT2D eigenvalue weighted by Gasteiger charge is -2.23. The number of benzene rings is 2. The molecule has 0 fully saturated rings. The summed E-state index contributed by atoms with van der Waals surface area (Å²) < 4.78 is 27.4. The smallest absolute Gasteiger partial charge is 0.337 e. The molecule has 0 amide bonds. The van der Waals surface area contributed by atoms with Crippen LogP contribution in [0.5, 0.6) is 0 Å². The van der Waals surface area contributed by atoms with Gasteiger partial charge in [0, 0.05) is 18.8 Å². The summed E-state index contributed by atoms with van der Waals surface area (Å²) >= 11 is 11.7. The number of carboxylic acid groups (broad SMARTS) is 1. The Morgan fingerprint density at radius 3 is 2.27 bits per heavy atom. The van der Waals surface area contributed by atoms with Gasteiger partial charge in [-0.15, -0.1) is 0 Å². The van der Waals surface area contributed by atoms with Gasteiger partial charge in [0.15, 0.2) is 0 Å². The topological polar surface area (TPSA) is 86.7 Å². The van der Waals surface area contributed by atoms with Crippen LogP contribution in [-0.4, -0.2) is 32.6 Å². The van der Waals surface area contributed by atoms with E-state index in [-0.39, 0.29) is 26.2 Å². The van der Waals surface area contributed by atoms with Gasteiger partial charge in [-0.25, -0.2) is 13.2 Å². The highest BCUT2D eigenvalue weighted by atomic mass is 35.5. The van der Waals surface area contributed by atoms with Crippen LogP contribution in [0, 0.1) is 0 Å². The maximum atomic E-state index is 12.5. The molecule has 0 atom stereocenters. The highest BCUT2D eigenvalue weighted by Gasteiger charge is 2.19. The van der Waals surface area contributed by atoms with Crippen molar-refractivity contribution in [2.45, 2.75) is 18.7 Å². The minimum absolute atomic E-state index is 0.0167. The average molecular weight is 417 g/mol. The number of hydrogen-bond donors (Lipinski definition) is 2. The summed E-state index contributed by atoms with van der Waals surface area (Å²) in [4.78, 5) is 13.4. The number of nitrogens with one attached hydrogen (secondary N) is 1. The summed E-state index contributed by atoms with van der Waals surface area (Å²) in [6.07, 6.45) is 0. The lowest BCUT2D eigenvalue weighted by molar-refractivity contribution is 0.0697. The lowest BCUT2D eigenvalue weighted by Crippen LogP contribution is -2.24. The van der Waals surface area contributed by atoms with Crippen molar-refractivity contribution in [3.05, 3.63) is 52.0 Å². The maximum absolute atomic E-state index is 12.5. The van der Waals surface area contributed by atoms with Crippen molar-refractivity contribution in [1.29, 1.82) is 0 Å². The predicted molar refractivity (Wildman–Crippen MR) is 104 cm³/mol. The molecule has 0 saturated heterocycles. The molecule has 0 radical (unpaired) electrons. The van der Waals surface area contributed by atoms with E-state index in [2.05, 4.69) is 4.72 Å². The Bertz CT molecular complexity index is 928. The van der Waals surface area contributed by atoms with Gasteiger partial charge in [0.25, 0.3) is 10.0 Å². The first-order chi connectivity index (χ1) is 12.2. The van der Waals surface area contributed by atoms with Crippen LogP contribution >= 0.6 is 23.2 Å². The van der Waals surface area contributed by atoms with E-state index in [0.717, 1.165) is 0 Å². The van der Waals surface area contributed by atoms with Crippen molar-refractivity contribution >= 4 is 50.6 Å². The molecule has 0 bridgehead atoms. The molecule has 0 saturated carbocycles. The van der Waals surface area contributed by atoms with Crippen molar-refractivity contribution in [3.8, 4) is 0 Å². The minimum Gasteiger partial charge on any atom is -0.478 e. The van der Waals surface area contributed by atoms with Gasteiger partial charge in [-0.2, -0.15) is 0 Å². The van der Waals surface area contributed by atoms with Crippen molar-refractivity contribution in [2.75, 3.05) is 22.7 Å². The third-order valence-corrected chi connectivity index (χ3v) is 5.90. The third-order valence-electron chi connectivity index (χ3n) is 3.78. The fourth-order valence-corrected chi connectivity index (χ4v) is 3.91. The molecule has 0 unspecified atom stereocenters. The second kappa shape index (κ2) is 8.16. The number of anilines is 2. The number of carbonyl (C=O) groups is 1. The number of rotatable bonds is 7. The zero-order valence-electron chi connectivity index (χ0n) is 14.2. The van der Waals surface area contributed by atoms with Gasteiger partial charge in [0.2, 0.25) is 0 Å². The first kappa shape index (κ1) is 20.4. The Morgan fingerprint density at radius 2 is 1.73 bits per heavy atom. The summed E-state index contributed by atoms with van der Waals surface area (Å²) in [7, 11) is -3.94. The molecule has 2 aromatic carbocycles. The lowest BCUT2D eigenvalue weighted by atomic mass is 10.1. The Morgan fingerprint density at radius 1 is 1.08 bits per heavy atom. The van der Waals surface area contributed by atoms with Crippen molar-refractivity contribution in [3.63, 3.8) is 0 Å². The molecule has 0 heterocycles. The number of nitrogens with zero attached hydrogens (tertiary/aromatic N) is 1. The molecule has 0 aliphatic rings. The van der Waals surface area contributed by atoms with Gasteiger partial charge in [-0.05, 0) is 50.2 Å². The van der Waals surface area contributed by atoms with Crippen LogP contribution in [0.3, 0.4) is 0 Å². The molecule has 0 aromatic heterocycles. The summed E-state index contributed by atoms with van der Waals surface area (Å²) in [5.41, 5.74) is 0.687. The number of carboxylic acids is 1. The number of aromatic carboxylic acids is 1. The highest BCUT2D eigenvalue weighted by molar-refractivity contribution is 7.92. The van der Waals surface area contributed by atoms with E-state index in [4.69, 9.17) is 23.2 Å². The second-order valence-electron chi connectivity index (χ2n) is 5.39. The molecule has 9 heteroatoms. The zero-order chi connectivity index (χ0) is 19.5. The average Bonchev–Trinajstić information content (AvgIpc) is 2.58. The number of sulfonamides is 1. The van der Waals surface area contributed by atoms with Crippen LogP contribution in [0.2, 0.25) is 10.0 Å². The van der Waals surface area contributed by atoms with Crippen LogP contribution in [0.25, 0.3) is 0 Å². The molecule has 140 valence electrons. The molecule has 2 aromatic rings. The quantitative estimate of drug-likeness (QED) is 0.700. The van der Waals surface area contributed by atoms with Gasteiger partial charge < -0.3 is 10.0 Å². The Hall–Kier alpha value is -1.96. The minimum atomic E-state index is -3.94. The standard InChI is InChI=1S/C17H18Cl2N2O4S/c1-3-21(4-2)16-8-5-11(9-13(16)17(22)23)20-26(24,25)12-6-7-14(18)15(19)10-12/h5-10,20H,3-4H2,1-2H3,(H,22,23). The van der Waals surface area contributed by atoms with Crippen molar-refractivity contribution in [1.82, 2.24) is 0 Å². The Balaban J connectivity index is 2.41. The fourth-order valence-electron chi connectivity index (χ4n) is 2.47. The van der Waals surface area contributed by atoms with E-state index in [1.54, 1.807) is 6.07 Å². The second-order valence-corrected chi connectivity index (χ2v) is 7.89. The molecule has 0 aliphatic carbocycles. The van der Waals surface area contributed by atoms with Crippen molar-refractivity contribution in [2.24, 2.45) is 0 Å². The SMILES string of the molecule is CCN(CC)c1ccc(NS(=O)(=O)c2ccc(Cl)c(Cl)c2)cc1C(=O)O. The van der Waals surface area contributed by atoms with E-state index in [1.165, 1.54) is 30.3 Å². The van der Waals surface area contributed by atoms with Gasteiger partial charge in [0.1, 0.15) is 0 Å². The van der Waals surface area contributed by atoms with Crippen LogP contribution in [0.4, 0.5) is 11.4 Å². The Kier molecular flexibility index (Phi) is 6.39. The van der Waals surface area contributed by atoms with Crippen LogP contribution in [0.15, 0.2) is 41.3 Å². The maximum Gasteiger partial charge on any atom is 0.337 e. The van der Waals surface area contributed by atoms with E-state index >= 15 is 0 Å². The van der Waals surface area contributed by atoms with Crippen LogP contribution in [0.1, 0.15) is 24.2 Å². The first-order valence-corrected chi connectivity index (χ1v) is 10.0. The van der Waals surface area contributed by atoms with E-state index in [1.807, 2.05) is 18.7 Å². The molecular formula is C17H18Cl2N2O4S. The van der Waals surface area contributed by atoms with Gasteiger partial charge in [0.05, 0.1) is 26.2 Å². The molecule has 0 aliphatic heterocycles. The first-order valence-electron chi connectivity index (χ1n) is 7.79. The van der Waals surface area contributed by atoms with Crippen LogP contribution in [-0.2, 0) is 10.0 Å². The van der Waals surface area contributed by atoms with Gasteiger partial charge in [-0.3, -0.25) is 4.72 Å². The van der Waals surface area contributed by atoms with Crippen LogP contribution < -0.4 is 9.62 Å². The largest absolute Gasteiger partial charge is 0.478 e. The Labute approximate surface area is 162 Å². The molecule has 0 spiro atoms. The molecule has 2 N–H and O–H groups in total. The summed E-state index contributed by atoms with van der Waals surface area (Å²) in [6.45, 7) is 5.09. The highest BCUT2D eigenvalue weighted by Crippen LogP contribution is 2.28. The summed E-state index contributed by atoms with van der Waals surface area (Å²) in [6, 6.07) is 8.33. The van der Waals surface area contributed by atoms with E-state index in [0.29, 0.717) is 18.8 Å². The van der Waals surface area contributed by atoms with E-state index < -0.39 is 16.0 Å². The molecule has 6 nitrogen and oxygen atoms in total. The number of hydrogen-bond acceptors (Lipinski definition) is 4. The molecule has 26 heavy (non-hydrogen) atoms. The third kappa shape index (κ3) is 4.41. The monoisotopic (exact) mass is 416 g/mol. The van der Waals surface area contributed by atoms with Crippen molar-refractivity contribution < 1.29 is 18.3 Å². The summed E-state index contributed by atoms with van der Waals surface area (Å²) in [5, 5.41) is 9.82. The molecule has 2 rings (SSSR count). The van der Waals surface area contributed by atoms with E-state index in [9.17, 15) is 18.3 Å². The fraction of sp³-hybridized carbons (Fsp3) is 0.235. The van der Waals surface area contributed by atoms with Gasteiger partial charge in [-0.1, -0.05) is 23.2 Å². The summed E-state index contributed by atoms with van der Waals surface area (Å²) in [5.74, 6) is -1.14. The number of halogens is 2. The normalized spacial score (nSPS) is 11.2. The zero-order valence-corrected chi connectivity index (χ0v) is 16.5. The van der Waals surface area contributed by atoms with Gasteiger partial charge >= 0.3 is 5.97 Å². The predicted octanol–water partition coefficient (Wildman–Crippen LogP) is 4.34. The molecular weight excluding hydrogens is 399 g/mol.